The highest BCUT2D eigenvalue weighted by Gasteiger charge is 2.37. The van der Waals surface area contributed by atoms with Crippen molar-refractivity contribution >= 4 is 46.4 Å². The number of halogens is 2. The van der Waals surface area contributed by atoms with Gasteiger partial charge in [0.1, 0.15) is 11.9 Å². The van der Waals surface area contributed by atoms with E-state index in [4.69, 9.17) is 23.2 Å². The van der Waals surface area contributed by atoms with Crippen LogP contribution >= 0.6 is 23.2 Å². The van der Waals surface area contributed by atoms with Crippen molar-refractivity contribution in [3.8, 4) is 0 Å². The first-order valence-corrected chi connectivity index (χ1v) is 10.6. The fraction of sp³-hybridized carbons (Fsp3) is 0.167. The average Bonchev–Trinajstić information content (AvgIpc) is 3.11. The van der Waals surface area contributed by atoms with Gasteiger partial charge in [0.15, 0.2) is 0 Å². The van der Waals surface area contributed by atoms with Crippen LogP contribution in [0.3, 0.4) is 0 Å². The van der Waals surface area contributed by atoms with Gasteiger partial charge in [-0.25, -0.2) is 4.79 Å². The van der Waals surface area contributed by atoms with Gasteiger partial charge in [-0.05, 0) is 41.5 Å². The van der Waals surface area contributed by atoms with Crippen LogP contribution in [0.4, 0.5) is 16.2 Å². The Hall–Kier alpha value is -3.02. The summed E-state index contributed by atoms with van der Waals surface area (Å²) in [6, 6.07) is 22.5. The molecule has 1 heterocycles. The molecule has 1 N–H and O–H groups in total. The highest BCUT2D eigenvalue weighted by molar-refractivity contribution is 6.42. The smallest absolute Gasteiger partial charge is 0.350 e. The Morgan fingerprint density at radius 1 is 0.968 bits per heavy atom. The van der Waals surface area contributed by atoms with Gasteiger partial charge in [0.25, 0.3) is 0 Å². The van der Waals surface area contributed by atoms with E-state index in [9.17, 15) is 4.79 Å². The molecule has 7 heteroatoms. The summed E-state index contributed by atoms with van der Waals surface area (Å²) in [7, 11) is 3.98. The zero-order valence-electron chi connectivity index (χ0n) is 17.2. The average molecular weight is 453 g/mol. The number of hydrogen-bond acceptors (Lipinski definition) is 3. The van der Waals surface area contributed by atoms with Crippen LogP contribution in [0.1, 0.15) is 17.2 Å². The second-order valence-corrected chi connectivity index (χ2v) is 8.29. The molecule has 1 atom stereocenters. The fourth-order valence-corrected chi connectivity index (χ4v) is 3.82. The van der Waals surface area contributed by atoms with Crippen LogP contribution in [0.2, 0.25) is 10.0 Å². The number of aliphatic imine (C=N–C) groups is 1. The Morgan fingerprint density at radius 2 is 1.68 bits per heavy atom. The first-order valence-electron chi connectivity index (χ1n) is 9.86. The van der Waals surface area contributed by atoms with Crippen molar-refractivity contribution in [2.75, 3.05) is 23.9 Å². The van der Waals surface area contributed by atoms with Gasteiger partial charge in [-0.3, -0.25) is 4.90 Å². The number of nitrogens with one attached hydrogen (secondary N) is 1. The number of anilines is 2. The number of urea groups is 1. The van der Waals surface area contributed by atoms with E-state index in [1.807, 2.05) is 73.6 Å². The minimum absolute atomic E-state index is 0.351. The van der Waals surface area contributed by atoms with Gasteiger partial charge in [0, 0.05) is 32.0 Å². The topological polar surface area (TPSA) is 47.9 Å². The Morgan fingerprint density at radius 3 is 2.32 bits per heavy atom. The van der Waals surface area contributed by atoms with Crippen molar-refractivity contribution in [3.05, 3.63) is 94.0 Å². The molecule has 0 saturated carbocycles. The lowest BCUT2D eigenvalue weighted by molar-refractivity contribution is 0.255. The summed E-state index contributed by atoms with van der Waals surface area (Å²) in [5, 5.41) is 4.18. The minimum atomic E-state index is -0.398. The van der Waals surface area contributed by atoms with Crippen LogP contribution in [-0.4, -0.2) is 26.0 Å². The van der Waals surface area contributed by atoms with Crippen LogP contribution < -0.4 is 15.1 Å². The predicted molar refractivity (Wildman–Crippen MR) is 129 cm³/mol. The standard InChI is InChI=1S/C24H22Cl2N4O/c1-29(2)18-10-8-17(9-11-18)22-23(27-15-16-6-4-3-5-7-16)28-24(31)30(22)19-12-13-20(25)21(26)14-19/h3-14,22H,15H2,1-2H3,(H,27,28,31). The van der Waals surface area contributed by atoms with E-state index in [-0.39, 0.29) is 6.03 Å². The van der Waals surface area contributed by atoms with Gasteiger partial charge >= 0.3 is 6.03 Å². The van der Waals surface area contributed by atoms with Gasteiger partial charge in [-0.2, -0.15) is 4.99 Å². The zero-order valence-corrected chi connectivity index (χ0v) is 18.7. The van der Waals surface area contributed by atoms with Crippen LogP contribution in [-0.2, 0) is 6.54 Å². The number of benzene rings is 3. The number of carbonyl (C=O) groups excluding carboxylic acids is 1. The molecule has 0 aromatic heterocycles. The third-order valence-electron chi connectivity index (χ3n) is 5.16. The lowest BCUT2D eigenvalue weighted by Gasteiger charge is -2.27. The third-order valence-corrected chi connectivity index (χ3v) is 5.90. The number of carbonyl (C=O) groups is 1. The molecular weight excluding hydrogens is 431 g/mol. The van der Waals surface area contributed by atoms with E-state index in [1.165, 1.54) is 0 Å². The molecular formula is C24H22Cl2N4O. The Labute approximate surface area is 191 Å². The molecule has 0 fully saturated rings. The molecule has 0 saturated heterocycles. The monoisotopic (exact) mass is 452 g/mol. The van der Waals surface area contributed by atoms with E-state index in [0.29, 0.717) is 28.1 Å². The predicted octanol–water partition coefficient (Wildman–Crippen LogP) is 5.93. The molecule has 3 aromatic carbocycles. The SMILES string of the molecule is CN(C)c1ccc(C2C(NCc3ccccc3)=NC(=O)N2c2ccc(Cl)c(Cl)c2)cc1. The van der Waals surface area contributed by atoms with Crippen LogP contribution in [0.5, 0.6) is 0 Å². The van der Waals surface area contributed by atoms with Crippen LogP contribution in [0, 0.1) is 0 Å². The maximum absolute atomic E-state index is 13.0. The molecule has 1 aliphatic heterocycles. The van der Waals surface area contributed by atoms with E-state index in [2.05, 4.69) is 10.3 Å². The lowest BCUT2D eigenvalue weighted by atomic mass is 10.0. The summed E-state index contributed by atoms with van der Waals surface area (Å²) in [5.74, 6) is 0.595. The molecule has 0 bridgehead atoms. The number of amidine groups is 1. The molecule has 158 valence electrons. The first-order chi connectivity index (χ1) is 14.9. The zero-order chi connectivity index (χ0) is 22.0. The fourth-order valence-electron chi connectivity index (χ4n) is 3.53. The number of rotatable bonds is 5. The Bertz CT molecular complexity index is 1110. The molecule has 0 aliphatic carbocycles. The maximum atomic E-state index is 13.0. The van der Waals surface area contributed by atoms with Gasteiger partial charge in [0.2, 0.25) is 0 Å². The first kappa shape index (κ1) is 21.2. The normalized spacial score (nSPS) is 15.7. The van der Waals surface area contributed by atoms with Crippen molar-refractivity contribution < 1.29 is 4.79 Å². The summed E-state index contributed by atoms with van der Waals surface area (Å²) in [4.78, 5) is 21.0. The van der Waals surface area contributed by atoms with E-state index in [1.54, 1.807) is 23.1 Å². The quantitative estimate of drug-likeness (QED) is 0.521. The summed E-state index contributed by atoms with van der Waals surface area (Å²) in [6.07, 6.45) is 0. The van der Waals surface area contributed by atoms with E-state index < -0.39 is 6.04 Å². The molecule has 1 unspecified atom stereocenters. The summed E-state index contributed by atoms with van der Waals surface area (Å²) >= 11 is 12.3. The van der Waals surface area contributed by atoms with Gasteiger partial charge in [-0.1, -0.05) is 65.7 Å². The number of hydrogen-bond donors (Lipinski definition) is 1. The largest absolute Gasteiger partial charge is 0.378 e. The summed E-state index contributed by atoms with van der Waals surface area (Å²) in [6.45, 7) is 0.564. The Kier molecular flexibility index (Phi) is 6.16. The van der Waals surface area contributed by atoms with Crippen LogP contribution in [0.25, 0.3) is 0 Å². The molecule has 2 amide bonds. The van der Waals surface area contributed by atoms with Crippen molar-refractivity contribution in [1.29, 1.82) is 0 Å². The van der Waals surface area contributed by atoms with E-state index in [0.717, 1.165) is 16.8 Å². The van der Waals surface area contributed by atoms with Crippen molar-refractivity contribution in [2.45, 2.75) is 12.6 Å². The lowest BCUT2D eigenvalue weighted by Crippen LogP contribution is -2.36. The molecule has 31 heavy (non-hydrogen) atoms. The molecule has 0 spiro atoms. The highest BCUT2D eigenvalue weighted by atomic mass is 35.5. The summed E-state index contributed by atoms with van der Waals surface area (Å²) in [5.41, 5.74) is 3.76. The molecule has 5 nitrogen and oxygen atoms in total. The van der Waals surface area contributed by atoms with Crippen molar-refractivity contribution in [1.82, 2.24) is 5.32 Å². The third kappa shape index (κ3) is 4.53. The van der Waals surface area contributed by atoms with Crippen molar-refractivity contribution in [3.63, 3.8) is 0 Å². The minimum Gasteiger partial charge on any atom is -0.378 e. The second-order valence-electron chi connectivity index (χ2n) is 7.48. The summed E-state index contributed by atoms with van der Waals surface area (Å²) < 4.78 is 0. The van der Waals surface area contributed by atoms with Crippen LogP contribution in [0.15, 0.2) is 77.8 Å². The molecule has 1 aliphatic rings. The molecule has 0 radical (unpaired) electrons. The van der Waals surface area contributed by atoms with Gasteiger partial charge in [0.05, 0.1) is 10.0 Å². The number of amides is 2. The Balaban J connectivity index is 1.70. The van der Waals surface area contributed by atoms with Gasteiger partial charge < -0.3 is 10.2 Å². The molecule has 3 aromatic rings. The highest BCUT2D eigenvalue weighted by Crippen LogP contribution is 2.36. The second kappa shape index (κ2) is 9.00. The van der Waals surface area contributed by atoms with E-state index >= 15 is 0 Å². The maximum Gasteiger partial charge on any atom is 0.350 e. The van der Waals surface area contributed by atoms with Gasteiger partial charge in [-0.15, -0.1) is 0 Å². The number of nitrogens with zero attached hydrogens (tertiary/aromatic N) is 3. The van der Waals surface area contributed by atoms with Crippen molar-refractivity contribution in [2.24, 2.45) is 4.99 Å². The molecule has 4 rings (SSSR count).